The van der Waals surface area contributed by atoms with Crippen LogP contribution >= 0.6 is 0 Å². The van der Waals surface area contributed by atoms with Gasteiger partial charge in [0.1, 0.15) is 6.04 Å². The zero-order valence-corrected chi connectivity index (χ0v) is 15.8. The number of morpholine rings is 1. The number of nitrogens with zero attached hydrogens (tertiary/aromatic N) is 3. The number of H-pyrrole nitrogens is 1. The van der Waals surface area contributed by atoms with E-state index in [1.165, 1.54) is 0 Å². The van der Waals surface area contributed by atoms with E-state index in [0.29, 0.717) is 59.0 Å². The Labute approximate surface area is 163 Å². The minimum Gasteiger partial charge on any atom is -0.480 e. The molecular formula is C20H26N4O4. The largest absolute Gasteiger partial charge is 0.480 e. The third-order valence-electron chi connectivity index (χ3n) is 5.64. The molecule has 0 spiro atoms. The first kappa shape index (κ1) is 18.9. The van der Waals surface area contributed by atoms with Crippen molar-refractivity contribution < 1.29 is 19.4 Å². The Bertz CT molecular complexity index is 838. The van der Waals surface area contributed by atoms with Gasteiger partial charge in [-0.25, -0.2) is 0 Å². The van der Waals surface area contributed by atoms with Gasteiger partial charge in [-0.2, -0.15) is 0 Å². The number of amides is 1. The van der Waals surface area contributed by atoms with Gasteiger partial charge in [-0.05, 0) is 6.07 Å². The molecule has 1 amide bonds. The molecule has 8 nitrogen and oxygen atoms in total. The Balaban J connectivity index is 1.40. The van der Waals surface area contributed by atoms with Crippen LogP contribution in [0.1, 0.15) is 11.6 Å². The molecule has 0 aliphatic carbocycles. The van der Waals surface area contributed by atoms with Crippen LogP contribution in [0, 0.1) is 0 Å². The van der Waals surface area contributed by atoms with E-state index in [4.69, 9.17) is 4.74 Å². The molecule has 2 aliphatic heterocycles. The van der Waals surface area contributed by atoms with Gasteiger partial charge in [0.05, 0.1) is 19.8 Å². The first-order valence-electron chi connectivity index (χ1n) is 9.74. The highest BCUT2D eigenvalue weighted by Gasteiger charge is 2.32. The van der Waals surface area contributed by atoms with Crippen molar-refractivity contribution in [3.8, 4) is 0 Å². The number of ether oxygens (including phenoxy) is 1. The number of para-hydroxylation sites is 1. The lowest BCUT2D eigenvalue weighted by molar-refractivity contribution is -0.145. The quantitative estimate of drug-likeness (QED) is 0.789. The first-order chi connectivity index (χ1) is 13.6. The van der Waals surface area contributed by atoms with Gasteiger partial charge in [0.15, 0.2) is 0 Å². The Hall–Kier alpha value is -2.42. The predicted molar refractivity (Wildman–Crippen MR) is 104 cm³/mol. The van der Waals surface area contributed by atoms with Crippen molar-refractivity contribution in [2.45, 2.75) is 6.04 Å². The van der Waals surface area contributed by atoms with Gasteiger partial charge in [-0.15, -0.1) is 0 Å². The molecule has 2 N–H and O–H groups in total. The summed E-state index contributed by atoms with van der Waals surface area (Å²) in [5, 5.41) is 10.8. The topological polar surface area (TPSA) is 89.1 Å². The lowest BCUT2D eigenvalue weighted by atomic mass is 10.0. The normalized spacial score (nSPS) is 20.4. The van der Waals surface area contributed by atoms with Crippen LogP contribution in [0.15, 0.2) is 30.5 Å². The van der Waals surface area contributed by atoms with Crippen LogP contribution < -0.4 is 0 Å². The summed E-state index contributed by atoms with van der Waals surface area (Å²) in [5.74, 6) is -0.717. The number of rotatable bonds is 5. The maximum absolute atomic E-state index is 12.4. The van der Waals surface area contributed by atoms with Gasteiger partial charge in [-0.1, -0.05) is 18.2 Å². The van der Waals surface area contributed by atoms with Crippen LogP contribution in [-0.2, 0) is 14.3 Å². The Morgan fingerprint density at radius 2 is 1.79 bits per heavy atom. The molecule has 0 bridgehead atoms. The molecule has 0 radical (unpaired) electrons. The van der Waals surface area contributed by atoms with Gasteiger partial charge in [0.2, 0.25) is 5.91 Å². The predicted octanol–water partition coefficient (Wildman–Crippen LogP) is 0.770. The second-order valence-corrected chi connectivity index (χ2v) is 7.34. The summed E-state index contributed by atoms with van der Waals surface area (Å²) in [7, 11) is 0. The average molecular weight is 386 g/mol. The third-order valence-corrected chi connectivity index (χ3v) is 5.64. The van der Waals surface area contributed by atoms with Crippen molar-refractivity contribution in [3.05, 3.63) is 36.0 Å². The fourth-order valence-corrected chi connectivity index (χ4v) is 4.09. The van der Waals surface area contributed by atoms with Crippen molar-refractivity contribution in [3.63, 3.8) is 0 Å². The minimum absolute atomic E-state index is 0.128. The molecule has 8 heteroatoms. The number of benzene rings is 1. The number of nitrogens with one attached hydrogen (secondary N) is 1. The van der Waals surface area contributed by atoms with E-state index in [1.54, 1.807) is 6.20 Å². The monoisotopic (exact) mass is 386 g/mol. The summed E-state index contributed by atoms with van der Waals surface area (Å²) in [4.78, 5) is 33.6. The number of carbonyl (C=O) groups is 2. The molecule has 2 aromatic rings. The van der Waals surface area contributed by atoms with Crippen LogP contribution in [0.4, 0.5) is 0 Å². The maximum atomic E-state index is 12.4. The van der Waals surface area contributed by atoms with Gasteiger partial charge >= 0.3 is 5.97 Å². The minimum atomic E-state index is -0.845. The SMILES string of the molecule is O=C(O)[C@@H](c1c[nH]c2ccccc12)N1CCN(CC(=O)N2CCOCC2)CC1. The number of aliphatic carboxylic acids is 1. The maximum Gasteiger partial charge on any atom is 0.325 e. The Kier molecular flexibility index (Phi) is 5.61. The highest BCUT2D eigenvalue weighted by atomic mass is 16.5. The standard InChI is InChI=1S/C20H26N4O4/c25-18(23-9-11-28-12-10-23)14-22-5-7-24(8-6-22)19(20(26)27)16-13-21-17-4-2-1-3-15(16)17/h1-4,13,19,21H,5-12,14H2,(H,26,27)/t19-/m1/s1. The molecule has 150 valence electrons. The number of carboxylic acids is 1. The summed E-state index contributed by atoms with van der Waals surface area (Å²) in [6.07, 6.45) is 1.80. The van der Waals surface area contributed by atoms with E-state index < -0.39 is 12.0 Å². The van der Waals surface area contributed by atoms with E-state index >= 15 is 0 Å². The number of carboxylic acid groups (broad SMARTS) is 1. The van der Waals surface area contributed by atoms with Crippen LogP contribution in [0.25, 0.3) is 10.9 Å². The first-order valence-corrected chi connectivity index (χ1v) is 9.74. The molecule has 1 atom stereocenters. The van der Waals surface area contributed by atoms with E-state index in [2.05, 4.69) is 9.88 Å². The van der Waals surface area contributed by atoms with Crippen molar-refractivity contribution >= 4 is 22.8 Å². The van der Waals surface area contributed by atoms with Crippen molar-refractivity contribution in [2.75, 3.05) is 59.0 Å². The number of carbonyl (C=O) groups excluding carboxylic acids is 1. The highest BCUT2D eigenvalue weighted by Crippen LogP contribution is 2.29. The fourth-order valence-electron chi connectivity index (χ4n) is 4.09. The van der Waals surface area contributed by atoms with Crippen molar-refractivity contribution in [1.82, 2.24) is 19.7 Å². The van der Waals surface area contributed by atoms with Gasteiger partial charge in [0, 0.05) is 61.9 Å². The molecule has 2 saturated heterocycles. The molecular weight excluding hydrogens is 360 g/mol. The second kappa shape index (κ2) is 8.30. The van der Waals surface area contributed by atoms with Gasteiger partial charge < -0.3 is 19.7 Å². The molecule has 1 aromatic carbocycles. The van der Waals surface area contributed by atoms with Gasteiger partial charge in [-0.3, -0.25) is 19.4 Å². The zero-order valence-electron chi connectivity index (χ0n) is 15.8. The fraction of sp³-hybridized carbons (Fsp3) is 0.500. The third kappa shape index (κ3) is 3.89. The zero-order chi connectivity index (χ0) is 19.5. The highest BCUT2D eigenvalue weighted by molar-refractivity contribution is 5.89. The van der Waals surface area contributed by atoms with Crippen LogP contribution in [-0.4, -0.2) is 95.7 Å². The molecule has 28 heavy (non-hydrogen) atoms. The molecule has 2 aliphatic rings. The Morgan fingerprint density at radius 3 is 2.50 bits per heavy atom. The van der Waals surface area contributed by atoms with Crippen LogP contribution in [0.2, 0.25) is 0 Å². The summed E-state index contributed by atoms with van der Waals surface area (Å²) in [6, 6.07) is 7.07. The average Bonchev–Trinajstić information content (AvgIpc) is 3.14. The summed E-state index contributed by atoms with van der Waals surface area (Å²) in [5.41, 5.74) is 1.74. The van der Waals surface area contributed by atoms with Crippen molar-refractivity contribution in [1.29, 1.82) is 0 Å². The number of hydrogen-bond acceptors (Lipinski definition) is 5. The smallest absolute Gasteiger partial charge is 0.325 e. The molecule has 1 aromatic heterocycles. The molecule has 0 unspecified atom stereocenters. The number of aromatic nitrogens is 1. The van der Waals surface area contributed by atoms with Crippen molar-refractivity contribution in [2.24, 2.45) is 0 Å². The van der Waals surface area contributed by atoms with E-state index in [9.17, 15) is 14.7 Å². The van der Waals surface area contributed by atoms with E-state index in [-0.39, 0.29) is 5.91 Å². The van der Waals surface area contributed by atoms with Crippen LogP contribution in [0.3, 0.4) is 0 Å². The number of hydrogen-bond donors (Lipinski definition) is 2. The number of fused-ring (bicyclic) bond motifs is 1. The lowest BCUT2D eigenvalue weighted by Crippen LogP contribution is -2.52. The molecule has 3 heterocycles. The summed E-state index contributed by atoms with van der Waals surface area (Å²) < 4.78 is 5.30. The second-order valence-electron chi connectivity index (χ2n) is 7.34. The number of aromatic amines is 1. The van der Waals surface area contributed by atoms with E-state index in [0.717, 1.165) is 16.5 Å². The summed E-state index contributed by atoms with van der Waals surface area (Å²) >= 11 is 0. The lowest BCUT2D eigenvalue weighted by Gasteiger charge is -2.38. The number of piperazine rings is 1. The van der Waals surface area contributed by atoms with Gasteiger partial charge in [0.25, 0.3) is 0 Å². The summed E-state index contributed by atoms with van der Waals surface area (Å²) in [6.45, 7) is 5.50. The molecule has 4 rings (SSSR count). The van der Waals surface area contributed by atoms with Crippen LogP contribution in [0.5, 0.6) is 0 Å². The van der Waals surface area contributed by atoms with E-state index in [1.807, 2.05) is 34.1 Å². The Morgan fingerprint density at radius 1 is 1.07 bits per heavy atom. The molecule has 0 saturated carbocycles. The molecule has 2 fully saturated rings.